The Morgan fingerprint density at radius 1 is 1.00 bits per heavy atom. The minimum atomic E-state index is 0.894. The zero-order valence-corrected chi connectivity index (χ0v) is 18.7. The van der Waals surface area contributed by atoms with Crippen molar-refractivity contribution in [1.82, 2.24) is 14.4 Å². The van der Waals surface area contributed by atoms with Gasteiger partial charge < -0.3 is 14.4 Å². The first-order valence-corrected chi connectivity index (χ1v) is 11.0. The minimum absolute atomic E-state index is 0.894. The first kappa shape index (κ1) is 20.3. The van der Waals surface area contributed by atoms with E-state index in [1.54, 1.807) is 0 Å². The molecule has 1 unspecified atom stereocenters. The zero-order valence-electron chi connectivity index (χ0n) is 17.5. The van der Waals surface area contributed by atoms with E-state index in [1.807, 2.05) is 7.05 Å². The van der Waals surface area contributed by atoms with Crippen molar-refractivity contribution in [2.24, 2.45) is 4.99 Å². The van der Waals surface area contributed by atoms with E-state index in [4.69, 9.17) is 0 Å². The van der Waals surface area contributed by atoms with E-state index in [9.17, 15) is 0 Å². The average Bonchev–Trinajstić information content (AvgIpc) is 3.11. The SMILES string of the molecule is CN=C(P)c1ccc(Cn2cc(CCN3CCN(C)CC3)c3ccccc32)cc1. The quantitative estimate of drug-likeness (QED) is 0.460. The van der Waals surface area contributed by atoms with Crippen LogP contribution in [0.3, 0.4) is 0 Å². The zero-order chi connectivity index (χ0) is 20.2. The van der Waals surface area contributed by atoms with Crippen molar-refractivity contribution < 1.29 is 0 Å². The Morgan fingerprint density at radius 2 is 1.72 bits per heavy atom. The molecule has 1 aromatic heterocycles. The number of hydrogen-bond acceptors (Lipinski definition) is 3. The van der Waals surface area contributed by atoms with Gasteiger partial charge in [-0.3, -0.25) is 4.99 Å². The maximum absolute atomic E-state index is 4.25. The molecule has 0 radical (unpaired) electrons. The number of nitrogens with zero attached hydrogens (tertiary/aromatic N) is 4. The second-order valence-corrected chi connectivity index (χ2v) is 8.55. The van der Waals surface area contributed by atoms with Crippen LogP contribution in [-0.4, -0.2) is 66.6 Å². The van der Waals surface area contributed by atoms with Crippen LogP contribution in [0.4, 0.5) is 0 Å². The lowest BCUT2D eigenvalue weighted by Crippen LogP contribution is -2.45. The number of fused-ring (bicyclic) bond motifs is 1. The van der Waals surface area contributed by atoms with Crippen molar-refractivity contribution >= 4 is 25.6 Å². The molecule has 0 spiro atoms. The van der Waals surface area contributed by atoms with Crippen molar-refractivity contribution in [3.63, 3.8) is 0 Å². The fourth-order valence-electron chi connectivity index (χ4n) is 4.11. The number of likely N-dealkylation sites (N-methyl/N-ethyl adjacent to an activating group) is 1. The van der Waals surface area contributed by atoms with E-state index < -0.39 is 0 Å². The summed E-state index contributed by atoms with van der Waals surface area (Å²) in [5.41, 5.74) is 6.25. The molecule has 0 amide bonds. The molecule has 1 atom stereocenters. The van der Waals surface area contributed by atoms with Crippen LogP contribution < -0.4 is 0 Å². The molecule has 2 aromatic carbocycles. The third-order valence-corrected chi connectivity index (χ3v) is 6.60. The summed E-state index contributed by atoms with van der Waals surface area (Å²) in [7, 11) is 6.74. The van der Waals surface area contributed by atoms with E-state index >= 15 is 0 Å². The Kier molecular flexibility index (Phi) is 6.44. The maximum Gasteiger partial charge on any atom is 0.0582 e. The van der Waals surface area contributed by atoms with Crippen molar-refractivity contribution in [2.45, 2.75) is 13.0 Å². The summed E-state index contributed by atoms with van der Waals surface area (Å²) < 4.78 is 2.40. The van der Waals surface area contributed by atoms with Gasteiger partial charge in [0.05, 0.1) is 5.45 Å². The molecule has 5 heteroatoms. The number of aliphatic imine (C=N–C) groups is 1. The first-order valence-electron chi connectivity index (χ1n) is 10.4. The summed E-state index contributed by atoms with van der Waals surface area (Å²) in [6.07, 6.45) is 3.48. The van der Waals surface area contributed by atoms with E-state index in [2.05, 4.69) is 90.4 Å². The summed E-state index contributed by atoms with van der Waals surface area (Å²) in [5, 5.41) is 1.39. The molecule has 4 rings (SSSR count). The average molecular weight is 407 g/mol. The van der Waals surface area contributed by atoms with Crippen LogP contribution in [0.15, 0.2) is 59.7 Å². The lowest BCUT2D eigenvalue weighted by molar-refractivity contribution is 0.155. The van der Waals surface area contributed by atoms with Gasteiger partial charge in [0.25, 0.3) is 0 Å². The predicted molar refractivity (Wildman–Crippen MR) is 127 cm³/mol. The summed E-state index contributed by atoms with van der Waals surface area (Å²) in [6, 6.07) is 17.6. The smallest absolute Gasteiger partial charge is 0.0582 e. The van der Waals surface area contributed by atoms with Crippen LogP contribution in [0.2, 0.25) is 0 Å². The highest BCUT2D eigenvalue weighted by atomic mass is 31.0. The summed E-state index contributed by atoms with van der Waals surface area (Å²) in [6.45, 7) is 6.76. The molecule has 1 saturated heterocycles. The molecule has 0 aliphatic carbocycles. The standard InChI is InChI=1S/C24H31N4P/c1-25-24(29)20-9-7-19(8-10-20)17-28-18-21(22-5-3-4-6-23(22)28)11-12-27-15-13-26(2)14-16-27/h3-10,18H,11-17,29H2,1-2H3. The van der Waals surface area contributed by atoms with Crippen LogP contribution in [0.25, 0.3) is 10.9 Å². The van der Waals surface area contributed by atoms with Gasteiger partial charge in [-0.2, -0.15) is 0 Å². The third-order valence-electron chi connectivity index (χ3n) is 6.01. The molecule has 0 saturated carbocycles. The highest BCUT2D eigenvalue weighted by molar-refractivity contribution is 7.42. The summed E-state index contributed by atoms with van der Waals surface area (Å²) in [4.78, 5) is 9.26. The largest absolute Gasteiger partial charge is 0.343 e. The highest BCUT2D eigenvalue weighted by Gasteiger charge is 2.15. The Balaban J connectivity index is 1.51. The first-order chi connectivity index (χ1) is 14.1. The fraction of sp³-hybridized carbons (Fsp3) is 0.375. The normalized spacial score (nSPS) is 16.6. The van der Waals surface area contributed by atoms with E-state index in [-0.39, 0.29) is 0 Å². The van der Waals surface area contributed by atoms with Gasteiger partial charge in [-0.15, -0.1) is 0 Å². The molecule has 1 fully saturated rings. The van der Waals surface area contributed by atoms with Gasteiger partial charge in [0.2, 0.25) is 0 Å². The van der Waals surface area contributed by atoms with Gasteiger partial charge >= 0.3 is 0 Å². The topological polar surface area (TPSA) is 23.8 Å². The van der Waals surface area contributed by atoms with Crippen LogP contribution in [0.1, 0.15) is 16.7 Å². The predicted octanol–water partition coefficient (Wildman–Crippen LogP) is 3.73. The lowest BCUT2D eigenvalue weighted by atomic mass is 10.1. The van der Waals surface area contributed by atoms with Crippen molar-refractivity contribution in [2.75, 3.05) is 46.8 Å². The Labute approximate surface area is 176 Å². The van der Waals surface area contributed by atoms with Gasteiger partial charge in [-0.1, -0.05) is 51.7 Å². The van der Waals surface area contributed by atoms with Gasteiger partial charge in [0.1, 0.15) is 0 Å². The second-order valence-electron chi connectivity index (χ2n) is 8.00. The molecule has 4 nitrogen and oxygen atoms in total. The summed E-state index contributed by atoms with van der Waals surface area (Å²) >= 11 is 0. The molecule has 1 aliphatic rings. The molecule has 0 N–H and O–H groups in total. The van der Waals surface area contributed by atoms with E-state index in [1.165, 1.54) is 48.2 Å². The van der Waals surface area contributed by atoms with Gasteiger partial charge in [-0.25, -0.2) is 0 Å². The molecule has 152 valence electrons. The molecular formula is C24H31N4P. The molecule has 3 aromatic rings. The van der Waals surface area contributed by atoms with E-state index in [0.717, 1.165) is 30.5 Å². The second kappa shape index (κ2) is 9.21. The number of piperazine rings is 1. The van der Waals surface area contributed by atoms with Gasteiger partial charge in [0, 0.05) is 63.4 Å². The molecular weight excluding hydrogens is 375 g/mol. The number of aromatic nitrogens is 1. The monoisotopic (exact) mass is 406 g/mol. The Morgan fingerprint density at radius 3 is 2.45 bits per heavy atom. The number of hydrogen-bond donors (Lipinski definition) is 0. The van der Waals surface area contributed by atoms with Crippen LogP contribution in [0, 0.1) is 0 Å². The molecule has 1 aliphatic heterocycles. The van der Waals surface area contributed by atoms with Gasteiger partial charge in [-0.05, 0) is 36.2 Å². The maximum atomic E-state index is 4.25. The van der Waals surface area contributed by atoms with Crippen molar-refractivity contribution in [3.05, 3.63) is 71.4 Å². The number of benzene rings is 2. The van der Waals surface area contributed by atoms with Gasteiger partial charge in [0.15, 0.2) is 0 Å². The fourth-order valence-corrected chi connectivity index (χ4v) is 4.30. The highest BCUT2D eigenvalue weighted by Crippen LogP contribution is 2.23. The van der Waals surface area contributed by atoms with Crippen molar-refractivity contribution in [3.8, 4) is 0 Å². The number of rotatable bonds is 6. The Bertz CT molecular complexity index is 982. The van der Waals surface area contributed by atoms with Crippen LogP contribution >= 0.6 is 9.24 Å². The molecule has 2 heterocycles. The number of para-hydroxylation sites is 1. The van der Waals surface area contributed by atoms with Crippen LogP contribution in [0.5, 0.6) is 0 Å². The molecule has 0 bridgehead atoms. The third kappa shape index (κ3) is 4.78. The van der Waals surface area contributed by atoms with Crippen LogP contribution in [-0.2, 0) is 13.0 Å². The van der Waals surface area contributed by atoms with Crippen molar-refractivity contribution in [1.29, 1.82) is 0 Å². The molecule has 29 heavy (non-hydrogen) atoms. The minimum Gasteiger partial charge on any atom is -0.343 e. The van der Waals surface area contributed by atoms with E-state index in [0.29, 0.717) is 0 Å². The lowest BCUT2D eigenvalue weighted by Gasteiger charge is -2.32. The summed E-state index contributed by atoms with van der Waals surface area (Å²) in [5.74, 6) is 0. The Hall–Kier alpha value is -2.00.